The number of rotatable bonds is 4. The van der Waals surface area contributed by atoms with Crippen LogP contribution in [0.15, 0.2) is 54.9 Å². The van der Waals surface area contributed by atoms with Gasteiger partial charge in [0.15, 0.2) is 11.6 Å². The maximum absolute atomic E-state index is 12.6. The highest BCUT2D eigenvalue weighted by molar-refractivity contribution is 5.79. The lowest BCUT2D eigenvalue weighted by atomic mass is 9.98. The average molecular weight is 361 g/mol. The van der Waals surface area contributed by atoms with Crippen LogP contribution in [0.4, 0.5) is 0 Å². The lowest BCUT2D eigenvalue weighted by molar-refractivity contribution is -0.160. The van der Waals surface area contributed by atoms with Crippen molar-refractivity contribution in [1.82, 2.24) is 25.1 Å². The maximum atomic E-state index is 12.6. The Kier molecular flexibility index (Phi) is 3.94. The van der Waals surface area contributed by atoms with E-state index in [1.54, 1.807) is 12.4 Å². The summed E-state index contributed by atoms with van der Waals surface area (Å²) in [4.78, 5) is 23.5. The molecule has 1 saturated carbocycles. The summed E-state index contributed by atoms with van der Waals surface area (Å²) in [6, 6.07) is 13.7. The summed E-state index contributed by atoms with van der Waals surface area (Å²) in [6.07, 6.45) is 5.18. The first-order valence-electron chi connectivity index (χ1n) is 9.11. The molecule has 2 fully saturated rings. The molecule has 1 aromatic carbocycles. The predicted molar refractivity (Wildman–Crippen MR) is 97.4 cm³/mol. The van der Waals surface area contributed by atoms with Crippen molar-refractivity contribution in [3.63, 3.8) is 0 Å². The number of morpholine rings is 1. The van der Waals surface area contributed by atoms with E-state index in [0.717, 1.165) is 24.0 Å². The number of aromatic amines is 1. The second kappa shape index (κ2) is 6.59. The highest BCUT2D eigenvalue weighted by atomic mass is 16.5. The van der Waals surface area contributed by atoms with E-state index in [0.29, 0.717) is 11.6 Å². The number of aromatic nitrogens is 4. The molecule has 136 valence electrons. The number of ether oxygens (including phenoxy) is 1. The van der Waals surface area contributed by atoms with Gasteiger partial charge in [0.25, 0.3) is 0 Å². The van der Waals surface area contributed by atoms with Gasteiger partial charge in [-0.05, 0) is 24.5 Å². The largest absolute Gasteiger partial charge is 0.358 e. The van der Waals surface area contributed by atoms with E-state index >= 15 is 0 Å². The first-order chi connectivity index (χ1) is 13.3. The average Bonchev–Trinajstić information content (AvgIpc) is 3.44. The third-order valence-electron chi connectivity index (χ3n) is 5.03. The number of pyridine rings is 1. The Hall–Kier alpha value is -3.06. The van der Waals surface area contributed by atoms with Gasteiger partial charge in [-0.2, -0.15) is 5.10 Å². The SMILES string of the molecule is O=C1CO[C@H](c2nc(-c3ccccc3)n[nH]2)[C@@H](c2cccnc2)N1C1CC1. The van der Waals surface area contributed by atoms with Gasteiger partial charge in [0.1, 0.15) is 12.7 Å². The summed E-state index contributed by atoms with van der Waals surface area (Å²) < 4.78 is 5.95. The number of nitrogens with one attached hydrogen (secondary N) is 1. The fraction of sp³-hybridized carbons (Fsp3) is 0.300. The van der Waals surface area contributed by atoms with Gasteiger partial charge in [0.2, 0.25) is 5.91 Å². The van der Waals surface area contributed by atoms with Crippen LogP contribution in [0.2, 0.25) is 0 Å². The van der Waals surface area contributed by atoms with Crippen molar-refractivity contribution >= 4 is 5.91 Å². The molecule has 3 aromatic rings. The van der Waals surface area contributed by atoms with Gasteiger partial charge in [-0.1, -0.05) is 36.4 Å². The molecule has 1 saturated heterocycles. The van der Waals surface area contributed by atoms with Crippen LogP contribution in [-0.4, -0.2) is 43.6 Å². The molecule has 0 bridgehead atoms. The standard InChI is InChI=1S/C20H19N5O2/c26-16-12-27-18(20-22-19(23-24-20)13-5-2-1-3-6-13)17(25(16)15-8-9-15)14-7-4-10-21-11-14/h1-7,10-11,15,17-18H,8-9,12H2,(H,22,23,24)/t17-,18+/m1/s1. The minimum atomic E-state index is -0.405. The van der Waals surface area contributed by atoms with E-state index in [1.807, 2.05) is 47.4 Å². The Labute approximate surface area is 156 Å². The number of hydrogen-bond donors (Lipinski definition) is 1. The minimum absolute atomic E-state index is 0.0189. The summed E-state index contributed by atoms with van der Waals surface area (Å²) in [7, 11) is 0. The first-order valence-corrected chi connectivity index (χ1v) is 9.11. The molecule has 7 heteroatoms. The van der Waals surface area contributed by atoms with Gasteiger partial charge in [-0.3, -0.25) is 14.9 Å². The summed E-state index contributed by atoms with van der Waals surface area (Å²) in [6.45, 7) is 0.0549. The molecule has 3 heterocycles. The Morgan fingerprint density at radius 1 is 1.11 bits per heavy atom. The summed E-state index contributed by atoms with van der Waals surface area (Å²) >= 11 is 0. The zero-order chi connectivity index (χ0) is 18.2. The maximum Gasteiger partial charge on any atom is 0.249 e. The van der Waals surface area contributed by atoms with E-state index < -0.39 is 6.10 Å². The number of benzene rings is 1. The summed E-state index contributed by atoms with van der Waals surface area (Å²) in [5.41, 5.74) is 1.88. The van der Waals surface area contributed by atoms with E-state index in [2.05, 4.69) is 20.2 Å². The van der Waals surface area contributed by atoms with Gasteiger partial charge in [-0.25, -0.2) is 4.98 Å². The molecule has 1 aliphatic heterocycles. The summed E-state index contributed by atoms with van der Waals surface area (Å²) in [5, 5.41) is 7.38. The van der Waals surface area contributed by atoms with Crippen LogP contribution in [0.3, 0.4) is 0 Å². The molecular formula is C20H19N5O2. The van der Waals surface area contributed by atoms with Crippen LogP contribution < -0.4 is 0 Å². The van der Waals surface area contributed by atoms with E-state index in [1.165, 1.54) is 0 Å². The number of hydrogen-bond acceptors (Lipinski definition) is 5. The van der Waals surface area contributed by atoms with Crippen molar-refractivity contribution in [2.24, 2.45) is 0 Å². The zero-order valence-corrected chi connectivity index (χ0v) is 14.7. The van der Waals surface area contributed by atoms with Crippen molar-refractivity contribution in [2.75, 3.05) is 6.61 Å². The molecule has 27 heavy (non-hydrogen) atoms. The smallest absolute Gasteiger partial charge is 0.249 e. The Morgan fingerprint density at radius 3 is 2.70 bits per heavy atom. The molecule has 2 aliphatic rings. The highest BCUT2D eigenvalue weighted by Crippen LogP contribution is 2.44. The van der Waals surface area contributed by atoms with Crippen LogP contribution in [-0.2, 0) is 9.53 Å². The highest BCUT2D eigenvalue weighted by Gasteiger charge is 2.46. The van der Waals surface area contributed by atoms with Gasteiger partial charge in [0.05, 0.1) is 6.04 Å². The normalized spacial score (nSPS) is 22.8. The van der Waals surface area contributed by atoms with Crippen LogP contribution in [0.5, 0.6) is 0 Å². The molecule has 7 nitrogen and oxygen atoms in total. The topological polar surface area (TPSA) is 84.0 Å². The molecule has 1 amide bonds. The van der Waals surface area contributed by atoms with E-state index in [-0.39, 0.29) is 24.6 Å². The monoisotopic (exact) mass is 361 g/mol. The van der Waals surface area contributed by atoms with Crippen LogP contribution in [0.1, 0.15) is 36.4 Å². The van der Waals surface area contributed by atoms with Crippen LogP contribution >= 0.6 is 0 Å². The number of amides is 1. The first kappa shape index (κ1) is 16.1. The second-order valence-corrected chi connectivity index (χ2v) is 6.91. The molecule has 0 spiro atoms. The predicted octanol–water partition coefficient (Wildman–Crippen LogP) is 2.67. The molecule has 1 aliphatic carbocycles. The number of carbonyl (C=O) groups excluding carboxylic acids is 1. The Morgan fingerprint density at radius 2 is 1.96 bits per heavy atom. The zero-order valence-electron chi connectivity index (χ0n) is 14.7. The van der Waals surface area contributed by atoms with Crippen molar-refractivity contribution in [3.8, 4) is 11.4 Å². The molecule has 0 radical (unpaired) electrons. The van der Waals surface area contributed by atoms with Gasteiger partial charge in [-0.15, -0.1) is 0 Å². The van der Waals surface area contributed by atoms with Crippen molar-refractivity contribution in [1.29, 1.82) is 0 Å². The Balaban J connectivity index is 1.53. The van der Waals surface area contributed by atoms with Crippen molar-refractivity contribution in [3.05, 3.63) is 66.2 Å². The van der Waals surface area contributed by atoms with E-state index in [9.17, 15) is 4.79 Å². The number of nitrogens with zero attached hydrogens (tertiary/aromatic N) is 4. The number of carbonyl (C=O) groups is 1. The molecule has 2 aromatic heterocycles. The number of H-pyrrole nitrogens is 1. The van der Waals surface area contributed by atoms with Crippen LogP contribution in [0.25, 0.3) is 11.4 Å². The minimum Gasteiger partial charge on any atom is -0.358 e. The second-order valence-electron chi connectivity index (χ2n) is 6.91. The summed E-state index contributed by atoms with van der Waals surface area (Å²) in [5.74, 6) is 1.26. The fourth-order valence-corrected chi connectivity index (χ4v) is 3.64. The lowest BCUT2D eigenvalue weighted by Gasteiger charge is -2.40. The third kappa shape index (κ3) is 3.00. The van der Waals surface area contributed by atoms with E-state index in [4.69, 9.17) is 4.74 Å². The molecular weight excluding hydrogens is 342 g/mol. The van der Waals surface area contributed by atoms with Crippen molar-refractivity contribution < 1.29 is 9.53 Å². The third-order valence-corrected chi connectivity index (χ3v) is 5.03. The van der Waals surface area contributed by atoms with Gasteiger partial charge < -0.3 is 9.64 Å². The molecule has 2 atom stereocenters. The molecule has 0 unspecified atom stereocenters. The Bertz CT molecular complexity index is 939. The quantitative estimate of drug-likeness (QED) is 0.772. The van der Waals surface area contributed by atoms with Crippen molar-refractivity contribution in [2.45, 2.75) is 31.0 Å². The van der Waals surface area contributed by atoms with Gasteiger partial charge in [0, 0.05) is 24.0 Å². The molecule has 5 rings (SSSR count). The fourth-order valence-electron chi connectivity index (χ4n) is 3.64. The molecule has 1 N–H and O–H groups in total. The van der Waals surface area contributed by atoms with Gasteiger partial charge >= 0.3 is 0 Å². The van der Waals surface area contributed by atoms with Crippen LogP contribution in [0, 0.1) is 0 Å². The lowest BCUT2D eigenvalue weighted by Crippen LogP contribution is -2.47.